The Bertz CT molecular complexity index is 103. The van der Waals surface area contributed by atoms with Crippen molar-refractivity contribution in [2.75, 3.05) is 0 Å². The summed E-state index contributed by atoms with van der Waals surface area (Å²) in [7, 11) is 0. The molecule has 0 aromatic heterocycles. The summed E-state index contributed by atoms with van der Waals surface area (Å²) in [5.41, 5.74) is 0. The molecule has 6 nitrogen and oxygen atoms in total. The molecule has 0 bridgehead atoms. The summed E-state index contributed by atoms with van der Waals surface area (Å²) in [5.74, 6) is 0. The van der Waals surface area contributed by atoms with E-state index < -0.39 is 0 Å². The van der Waals surface area contributed by atoms with Crippen LogP contribution in [0.2, 0.25) is 0 Å². The molecule has 0 heterocycles. The summed E-state index contributed by atoms with van der Waals surface area (Å²) in [4.78, 5) is 0. The van der Waals surface area contributed by atoms with Crippen LogP contribution in [-0.4, -0.2) is 0 Å². The van der Waals surface area contributed by atoms with Crippen LogP contribution in [0.4, 0.5) is 0 Å². The first kappa shape index (κ1) is 102. The fourth-order valence-corrected chi connectivity index (χ4v) is 0. The Kier molecular flexibility index (Phi) is 5900. The predicted molar refractivity (Wildman–Crippen MR) is 29.8 cm³/mol. The topological polar surface area (TPSA) is 143 Å². The SMILES string of the molecule is [C-]#N.[C-]#N.[C-]#N.[C-]#N.[C-]#N.[C-]#N.[Fe+2].[Mn+2].[Zn+2]. The molecule has 0 saturated heterocycles. The van der Waals surface area contributed by atoms with Crippen molar-refractivity contribution in [1.82, 2.24) is 0 Å². The molecule has 0 aromatic carbocycles. The zero-order valence-electron chi connectivity index (χ0n) is 7.12. The van der Waals surface area contributed by atoms with E-state index in [1.54, 1.807) is 0 Å². The van der Waals surface area contributed by atoms with Gasteiger partial charge in [-0.15, -0.1) is 0 Å². The van der Waals surface area contributed by atoms with Gasteiger partial charge in [-0.05, 0) is 0 Å². The monoisotopic (exact) mass is 331 g/mol. The van der Waals surface area contributed by atoms with E-state index >= 15 is 0 Å². The van der Waals surface area contributed by atoms with Crippen LogP contribution in [0.25, 0.3) is 0 Å². The minimum absolute atomic E-state index is 0. The van der Waals surface area contributed by atoms with Gasteiger partial charge in [-0.2, -0.15) is 0 Å². The molecule has 0 N–H and O–H groups in total. The largest absolute Gasteiger partial charge is 2.00 e. The summed E-state index contributed by atoms with van der Waals surface area (Å²) >= 11 is 0. The third kappa shape index (κ3) is 725. The standard InChI is InChI=1S/6CN.Fe.Mn.Zn/c6*1-2;;;/q6*-1;3*+2. The minimum Gasteiger partial charge on any atom is -0.512 e. The van der Waals surface area contributed by atoms with E-state index in [0.717, 1.165) is 0 Å². The number of rotatable bonds is 0. The van der Waals surface area contributed by atoms with Gasteiger partial charge in [-0.25, -0.2) is 0 Å². The Balaban J connectivity index is -0.00000000396. The quantitative estimate of drug-likeness (QED) is 0.468. The molecule has 9 heteroatoms. The van der Waals surface area contributed by atoms with Gasteiger partial charge >= 0.3 is 53.6 Å². The fourth-order valence-electron chi connectivity index (χ4n) is 0. The van der Waals surface area contributed by atoms with Crippen LogP contribution >= 0.6 is 0 Å². The average molecular weight is 332 g/mol. The van der Waals surface area contributed by atoms with Crippen LogP contribution in [0.1, 0.15) is 0 Å². The molecule has 0 atom stereocenters. The second-order valence-electron chi connectivity index (χ2n) is 0. The van der Waals surface area contributed by atoms with E-state index in [0.29, 0.717) is 0 Å². The Morgan fingerprint density at radius 1 is 0.400 bits per heavy atom. The normalized spacial score (nSPS) is 0.800. The summed E-state index contributed by atoms with van der Waals surface area (Å²) in [5, 5.41) is 37.5. The van der Waals surface area contributed by atoms with E-state index in [-0.39, 0.29) is 53.6 Å². The van der Waals surface area contributed by atoms with E-state index in [1.165, 1.54) is 0 Å². The first-order valence-electron chi connectivity index (χ1n) is 1.34. The number of nitrogens with zero attached hydrogens (tertiary/aromatic N) is 6. The molecule has 0 fully saturated rings. The van der Waals surface area contributed by atoms with Gasteiger partial charge in [0.25, 0.3) is 0 Å². The molecule has 0 unspecified atom stereocenters. The Morgan fingerprint density at radius 3 is 0.400 bits per heavy atom. The second kappa shape index (κ2) is 868. The minimum atomic E-state index is 0. The van der Waals surface area contributed by atoms with Gasteiger partial charge in [-0.1, -0.05) is 0 Å². The van der Waals surface area contributed by atoms with Crippen molar-refractivity contribution < 1.29 is 53.6 Å². The van der Waals surface area contributed by atoms with Crippen molar-refractivity contribution in [3.05, 3.63) is 39.4 Å². The smallest absolute Gasteiger partial charge is 0.512 e. The molecule has 15 heavy (non-hydrogen) atoms. The molecular weight excluding hydrogens is 332 g/mol. The van der Waals surface area contributed by atoms with Gasteiger partial charge in [0, 0.05) is 0 Å². The van der Waals surface area contributed by atoms with Crippen molar-refractivity contribution >= 4 is 0 Å². The fraction of sp³-hybridized carbons (Fsp3) is 0. The van der Waals surface area contributed by atoms with E-state index in [4.69, 9.17) is 71.0 Å². The van der Waals surface area contributed by atoms with Crippen molar-refractivity contribution in [3.63, 3.8) is 0 Å². The van der Waals surface area contributed by atoms with Crippen LogP contribution in [-0.2, 0) is 53.6 Å². The molecule has 0 aliphatic carbocycles. The molecule has 0 spiro atoms. The van der Waals surface area contributed by atoms with Gasteiger partial charge in [0.1, 0.15) is 0 Å². The Labute approximate surface area is 124 Å². The molecule has 0 aliphatic rings. The third-order valence-corrected chi connectivity index (χ3v) is 0. The predicted octanol–water partition coefficient (Wildman–Crippen LogP) is 0.571. The summed E-state index contributed by atoms with van der Waals surface area (Å²) in [6.45, 7) is 28.5. The van der Waals surface area contributed by atoms with E-state index in [9.17, 15) is 0 Å². The number of hydrogen-bond acceptors (Lipinski definition) is 6. The first-order valence-corrected chi connectivity index (χ1v) is 1.34. The summed E-state index contributed by atoms with van der Waals surface area (Å²) in [6, 6.07) is 0. The molecule has 0 aromatic rings. The van der Waals surface area contributed by atoms with E-state index in [1.807, 2.05) is 0 Å². The summed E-state index contributed by atoms with van der Waals surface area (Å²) < 4.78 is 0. The van der Waals surface area contributed by atoms with Crippen molar-refractivity contribution in [1.29, 1.82) is 31.6 Å². The molecular formula is C6FeMnN6Zn. The van der Waals surface area contributed by atoms with E-state index in [2.05, 4.69) is 0 Å². The summed E-state index contributed by atoms with van der Waals surface area (Å²) in [6.07, 6.45) is 0. The zero-order chi connectivity index (χ0) is 12.0. The average Bonchev–Trinajstić information content (AvgIpc) is 2.33. The maximum absolute atomic E-state index is 6.25. The Hall–Kier alpha value is -1.40. The second-order valence-corrected chi connectivity index (χ2v) is 0. The van der Waals surface area contributed by atoms with Gasteiger partial charge in [0.15, 0.2) is 0 Å². The van der Waals surface area contributed by atoms with Gasteiger partial charge in [0.2, 0.25) is 0 Å². The van der Waals surface area contributed by atoms with Crippen molar-refractivity contribution in [2.24, 2.45) is 0 Å². The molecule has 1 radical (unpaired) electrons. The first-order chi connectivity index (χ1) is 6.00. The molecule has 0 amide bonds. The van der Waals surface area contributed by atoms with Gasteiger partial charge in [-0.3, -0.25) is 0 Å². The molecule has 0 aliphatic heterocycles. The van der Waals surface area contributed by atoms with Crippen LogP contribution in [0.5, 0.6) is 0 Å². The molecule has 0 rings (SSSR count). The van der Waals surface area contributed by atoms with Crippen LogP contribution in [0, 0.1) is 71.0 Å². The third-order valence-electron chi connectivity index (χ3n) is 0. The zero-order valence-corrected chi connectivity index (χ0v) is 12.4. The maximum atomic E-state index is 6.25. The maximum Gasteiger partial charge on any atom is 2.00 e. The Morgan fingerprint density at radius 2 is 0.400 bits per heavy atom. The van der Waals surface area contributed by atoms with Crippen molar-refractivity contribution in [3.8, 4) is 0 Å². The molecule has 0 saturated carbocycles. The van der Waals surface area contributed by atoms with Gasteiger partial charge < -0.3 is 71.0 Å². The van der Waals surface area contributed by atoms with Gasteiger partial charge in [0.05, 0.1) is 0 Å². The molecule has 71 valence electrons. The number of hydrogen-bond donors (Lipinski definition) is 0. The van der Waals surface area contributed by atoms with Crippen LogP contribution in [0.15, 0.2) is 0 Å². The van der Waals surface area contributed by atoms with Crippen LogP contribution < -0.4 is 0 Å². The van der Waals surface area contributed by atoms with Crippen molar-refractivity contribution in [2.45, 2.75) is 0 Å². The van der Waals surface area contributed by atoms with Crippen LogP contribution in [0.3, 0.4) is 0 Å².